The van der Waals surface area contributed by atoms with Gasteiger partial charge in [-0.3, -0.25) is 4.72 Å². The van der Waals surface area contributed by atoms with Crippen molar-refractivity contribution in [1.29, 1.82) is 0 Å². The number of anilines is 1. The second-order valence-corrected chi connectivity index (χ2v) is 5.99. The summed E-state index contributed by atoms with van der Waals surface area (Å²) in [4.78, 5) is 0. The van der Waals surface area contributed by atoms with Crippen molar-refractivity contribution in [3.8, 4) is 0 Å². The highest BCUT2D eigenvalue weighted by Crippen LogP contribution is 2.36. The molecule has 19 heavy (non-hydrogen) atoms. The molecule has 0 aromatic heterocycles. The minimum atomic E-state index is -4.69. The van der Waals surface area contributed by atoms with E-state index in [2.05, 4.69) is 5.32 Å². The van der Waals surface area contributed by atoms with Crippen molar-refractivity contribution in [1.82, 2.24) is 5.32 Å². The molecule has 2 N–H and O–H groups in total. The summed E-state index contributed by atoms with van der Waals surface area (Å²) in [5.41, 5.74) is -1.65. The molecule has 0 spiro atoms. The Balaban J connectivity index is 3.08. The van der Waals surface area contributed by atoms with Crippen molar-refractivity contribution in [3.63, 3.8) is 0 Å². The molecule has 0 saturated carbocycles. The first-order chi connectivity index (χ1) is 8.65. The van der Waals surface area contributed by atoms with Gasteiger partial charge < -0.3 is 5.32 Å². The lowest BCUT2D eigenvalue weighted by atomic mass is 10.2. The molecule has 4 nitrogen and oxygen atoms in total. The molecular weight excluding hydrogens is 305 g/mol. The first kappa shape index (κ1) is 16.1. The maximum atomic E-state index is 12.7. The maximum absolute atomic E-state index is 12.7. The molecule has 0 atom stereocenters. The van der Waals surface area contributed by atoms with Gasteiger partial charge in [-0.1, -0.05) is 11.6 Å². The standard InChI is InChI=1S/C10H12ClF3N2O2S/c1-15-4-5-19(17,18)16-9-3-2-7(11)6-8(9)10(12,13)14/h2-3,6,15-16H,4-5H2,1H3. The Morgan fingerprint density at radius 1 is 1.32 bits per heavy atom. The van der Waals surface area contributed by atoms with Gasteiger partial charge in [-0.25, -0.2) is 8.42 Å². The second-order valence-electron chi connectivity index (χ2n) is 3.71. The molecule has 9 heteroatoms. The summed E-state index contributed by atoms with van der Waals surface area (Å²) in [6.07, 6.45) is -4.69. The molecule has 0 heterocycles. The number of sulfonamides is 1. The Labute approximate surface area is 114 Å². The fraction of sp³-hybridized carbons (Fsp3) is 0.400. The van der Waals surface area contributed by atoms with Crippen molar-refractivity contribution in [2.45, 2.75) is 6.18 Å². The highest BCUT2D eigenvalue weighted by molar-refractivity contribution is 7.92. The largest absolute Gasteiger partial charge is 0.418 e. The van der Waals surface area contributed by atoms with Crippen LogP contribution in [0.5, 0.6) is 0 Å². The van der Waals surface area contributed by atoms with Crippen LogP contribution in [0, 0.1) is 0 Å². The topological polar surface area (TPSA) is 58.2 Å². The predicted octanol–water partition coefficient (Wildman–Crippen LogP) is 2.32. The Morgan fingerprint density at radius 2 is 1.95 bits per heavy atom. The summed E-state index contributed by atoms with van der Waals surface area (Å²) >= 11 is 5.49. The van der Waals surface area contributed by atoms with Crippen LogP contribution in [0.2, 0.25) is 5.02 Å². The third-order valence-electron chi connectivity index (χ3n) is 2.17. The quantitative estimate of drug-likeness (QED) is 0.876. The fourth-order valence-electron chi connectivity index (χ4n) is 1.29. The van der Waals surface area contributed by atoms with Gasteiger partial charge in [0, 0.05) is 11.6 Å². The lowest BCUT2D eigenvalue weighted by molar-refractivity contribution is -0.136. The second kappa shape index (κ2) is 5.98. The van der Waals surface area contributed by atoms with Gasteiger partial charge in [-0.15, -0.1) is 0 Å². The molecule has 0 fully saturated rings. The molecule has 0 saturated heterocycles. The number of hydrogen-bond donors (Lipinski definition) is 2. The highest BCUT2D eigenvalue weighted by Gasteiger charge is 2.34. The molecule has 1 rings (SSSR count). The molecule has 0 bridgehead atoms. The van der Waals surface area contributed by atoms with Crippen LogP contribution >= 0.6 is 11.6 Å². The minimum absolute atomic E-state index is 0.120. The Kier molecular flexibility index (Phi) is 5.05. The summed E-state index contributed by atoms with van der Waals surface area (Å²) in [6.45, 7) is 0.129. The van der Waals surface area contributed by atoms with Gasteiger partial charge in [0.05, 0.1) is 17.0 Å². The van der Waals surface area contributed by atoms with Gasteiger partial charge in [-0.05, 0) is 25.2 Å². The fourth-order valence-corrected chi connectivity index (χ4v) is 2.56. The summed E-state index contributed by atoms with van der Waals surface area (Å²) in [5, 5.41) is 2.48. The molecule has 1 aromatic carbocycles. The average molecular weight is 317 g/mol. The van der Waals surface area contributed by atoms with E-state index in [0.717, 1.165) is 6.07 Å². The molecule has 0 radical (unpaired) electrons. The Morgan fingerprint density at radius 3 is 2.47 bits per heavy atom. The smallest absolute Gasteiger partial charge is 0.319 e. The molecule has 0 aliphatic rings. The normalized spacial score (nSPS) is 12.5. The lowest BCUT2D eigenvalue weighted by Crippen LogP contribution is -2.25. The number of nitrogens with one attached hydrogen (secondary N) is 2. The monoisotopic (exact) mass is 316 g/mol. The van der Waals surface area contributed by atoms with Crippen LogP contribution in [0.15, 0.2) is 18.2 Å². The van der Waals surface area contributed by atoms with Crippen LogP contribution in [0.1, 0.15) is 5.56 Å². The van der Waals surface area contributed by atoms with Gasteiger partial charge in [0.1, 0.15) is 0 Å². The van der Waals surface area contributed by atoms with Crippen molar-refractivity contribution in [2.75, 3.05) is 24.1 Å². The van der Waals surface area contributed by atoms with Gasteiger partial charge in [0.25, 0.3) is 0 Å². The van der Waals surface area contributed by atoms with Gasteiger partial charge in [0.2, 0.25) is 10.0 Å². The summed E-state index contributed by atoms with van der Waals surface area (Å²) in [5.74, 6) is -0.330. The van der Waals surface area contributed by atoms with Crippen LogP contribution in [0.4, 0.5) is 18.9 Å². The molecule has 1 aromatic rings. The zero-order chi connectivity index (χ0) is 14.7. The van der Waals surface area contributed by atoms with Crippen molar-refractivity contribution in [2.24, 2.45) is 0 Å². The van der Waals surface area contributed by atoms with E-state index < -0.39 is 27.5 Å². The summed E-state index contributed by atoms with van der Waals surface area (Å²) < 4.78 is 63.3. The highest BCUT2D eigenvalue weighted by atomic mass is 35.5. The SMILES string of the molecule is CNCCS(=O)(=O)Nc1ccc(Cl)cc1C(F)(F)F. The van der Waals surface area contributed by atoms with E-state index in [1.54, 1.807) is 7.05 Å². The van der Waals surface area contributed by atoms with E-state index in [0.29, 0.717) is 6.07 Å². The first-order valence-corrected chi connectivity index (χ1v) is 7.20. The van der Waals surface area contributed by atoms with Crippen LogP contribution in [-0.4, -0.2) is 27.8 Å². The Bertz CT molecular complexity index is 546. The van der Waals surface area contributed by atoms with Gasteiger partial charge in [0.15, 0.2) is 0 Å². The zero-order valence-corrected chi connectivity index (χ0v) is 11.5. The van der Waals surface area contributed by atoms with Crippen LogP contribution < -0.4 is 10.0 Å². The van der Waals surface area contributed by atoms with E-state index in [9.17, 15) is 21.6 Å². The van der Waals surface area contributed by atoms with Gasteiger partial charge in [-0.2, -0.15) is 13.2 Å². The zero-order valence-electron chi connectivity index (χ0n) is 9.88. The number of hydrogen-bond acceptors (Lipinski definition) is 3. The molecule has 108 valence electrons. The van der Waals surface area contributed by atoms with E-state index in [1.807, 2.05) is 4.72 Å². The minimum Gasteiger partial charge on any atom is -0.319 e. The van der Waals surface area contributed by atoms with E-state index >= 15 is 0 Å². The van der Waals surface area contributed by atoms with Crippen LogP contribution in [-0.2, 0) is 16.2 Å². The van der Waals surface area contributed by atoms with E-state index in [4.69, 9.17) is 11.6 Å². The number of alkyl halides is 3. The van der Waals surface area contributed by atoms with Gasteiger partial charge >= 0.3 is 6.18 Å². The number of halogens is 4. The number of benzene rings is 1. The molecule has 0 amide bonds. The lowest BCUT2D eigenvalue weighted by Gasteiger charge is -2.15. The first-order valence-electron chi connectivity index (χ1n) is 5.17. The van der Waals surface area contributed by atoms with Crippen molar-refractivity contribution >= 4 is 27.3 Å². The molecule has 0 aliphatic heterocycles. The number of rotatable bonds is 5. The van der Waals surface area contributed by atoms with Crippen molar-refractivity contribution in [3.05, 3.63) is 28.8 Å². The third kappa shape index (κ3) is 4.88. The predicted molar refractivity (Wildman–Crippen MR) is 67.8 cm³/mol. The van der Waals surface area contributed by atoms with E-state index in [-0.39, 0.29) is 17.3 Å². The molecule has 0 unspecified atom stereocenters. The summed E-state index contributed by atoms with van der Waals surface area (Å²) in [7, 11) is -2.31. The Hall–Kier alpha value is -0.990. The average Bonchev–Trinajstić information content (AvgIpc) is 2.27. The maximum Gasteiger partial charge on any atom is 0.418 e. The molecular formula is C10H12ClF3N2O2S. The van der Waals surface area contributed by atoms with E-state index in [1.165, 1.54) is 6.07 Å². The third-order valence-corrected chi connectivity index (χ3v) is 3.68. The summed E-state index contributed by atoms with van der Waals surface area (Å²) in [6, 6.07) is 2.85. The van der Waals surface area contributed by atoms with Crippen LogP contribution in [0.25, 0.3) is 0 Å². The molecule has 0 aliphatic carbocycles. The van der Waals surface area contributed by atoms with Crippen LogP contribution in [0.3, 0.4) is 0 Å². The van der Waals surface area contributed by atoms with Crippen molar-refractivity contribution < 1.29 is 21.6 Å².